The molecule has 5 aromatic rings. The molecule has 7 rings (SSSR count). The molecule has 0 amide bonds. The first-order chi connectivity index (χ1) is 16.4. The quantitative estimate of drug-likeness (QED) is 0.321. The van der Waals surface area contributed by atoms with E-state index in [4.69, 9.17) is 0 Å². The Morgan fingerprint density at radius 1 is 0.485 bits per heavy atom. The van der Waals surface area contributed by atoms with Crippen molar-refractivity contribution in [3.05, 3.63) is 154 Å². The van der Waals surface area contributed by atoms with E-state index in [-0.39, 0.29) is 5.41 Å². The smallest absolute Gasteiger partial charge is 0.0526 e. The minimum atomic E-state index is -0.240. The van der Waals surface area contributed by atoms with Crippen LogP contribution in [0.1, 0.15) is 28.2 Å². The van der Waals surface area contributed by atoms with E-state index in [0.29, 0.717) is 11.8 Å². The average molecular weight is 421 g/mol. The van der Waals surface area contributed by atoms with Gasteiger partial charge in [-0.25, -0.2) is 0 Å². The van der Waals surface area contributed by atoms with Gasteiger partial charge >= 0.3 is 0 Å². The third-order valence-corrected chi connectivity index (χ3v) is 7.76. The van der Waals surface area contributed by atoms with Gasteiger partial charge in [0, 0.05) is 11.8 Å². The molecule has 0 fully saturated rings. The van der Waals surface area contributed by atoms with Gasteiger partial charge in [-0.2, -0.15) is 0 Å². The minimum Gasteiger partial charge on any atom is -0.0711 e. The van der Waals surface area contributed by atoms with Crippen molar-refractivity contribution in [2.24, 2.45) is 5.92 Å². The second-order valence-electron chi connectivity index (χ2n) is 9.34. The molecule has 0 bridgehead atoms. The zero-order valence-corrected chi connectivity index (χ0v) is 18.4. The Labute approximate surface area is 194 Å². The lowest BCUT2D eigenvalue weighted by molar-refractivity contribution is 0.490. The molecule has 2 aliphatic rings. The Hall–Kier alpha value is -3.90. The fourth-order valence-electron chi connectivity index (χ4n) is 6.41. The Bertz CT molecular complexity index is 1570. The Morgan fingerprint density at radius 2 is 1.00 bits per heavy atom. The van der Waals surface area contributed by atoms with E-state index < -0.39 is 0 Å². The molecule has 33 heavy (non-hydrogen) atoms. The number of fused-ring (bicyclic) bond motifs is 5. The summed E-state index contributed by atoms with van der Waals surface area (Å²) < 4.78 is 0. The second-order valence-corrected chi connectivity index (χ2v) is 9.34. The number of hydrogen-bond donors (Lipinski definition) is 0. The Morgan fingerprint density at radius 3 is 1.64 bits per heavy atom. The van der Waals surface area contributed by atoms with Crippen LogP contribution < -0.4 is 10.4 Å². The molecule has 5 aromatic carbocycles. The lowest BCUT2D eigenvalue weighted by Crippen LogP contribution is -2.39. The van der Waals surface area contributed by atoms with Crippen molar-refractivity contribution in [3.8, 4) is 0 Å². The molecule has 0 N–H and O–H groups in total. The van der Waals surface area contributed by atoms with Gasteiger partial charge in [-0.05, 0) is 49.5 Å². The second kappa shape index (κ2) is 7.05. The normalized spacial score (nSPS) is 19.6. The van der Waals surface area contributed by atoms with E-state index in [0.717, 1.165) is 0 Å². The van der Waals surface area contributed by atoms with Crippen LogP contribution in [0.2, 0.25) is 0 Å². The van der Waals surface area contributed by atoms with E-state index >= 15 is 0 Å². The van der Waals surface area contributed by atoms with Crippen molar-refractivity contribution in [2.75, 3.05) is 0 Å². The first-order valence-electron chi connectivity index (χ1n) is 11.8. The molecule has 0 aliphatic heterocycles. The predicted molar refractivity (Wildman–Crippen MR) is 138 cm³/mol. The SMILES string of the molecule is C1=c2ccccc2=CC2C1c1cc3ccccc3cc1C2(c1ccccc1)c1ccccc1. The van der Waals surface area contributed by atoms with E-state index in [2.05, 4.69) is 133 Å². The van der Waals surface area contributed by atoms with Crippen molar-refractivity contribution < 1.29 is 0 Å². The highest BCUT2D eigenvalue weighted by atomic mass is 14.5. The number of benzene rings is 5. The van der Waals surface area contributed by atoms with Gasteiger partial charge in [0.25, 0.3) is 0 Å². The van der Waals surface area contributed by atoms with Crippen molar-refractivity contribution in [1.29, 1.82) is 0 Å². The molecule has 0 spiro atoms. The summed E-state index contributed by atoms with van der Waals surface area (Å²) in [5.74, 6) is 0.643. The molecule has 2 aliphatic carbocycles. The van der Waals surface area contributed by atoms with E-state index in [9.17, 15) is 0 Å². The van der Waals surface area contributed by atoms with Crippen LogP contribution in [0, 0.1) is 5.92 Å². The molecule has 0 radical (unpaired) electrons. The van der Waals surface area contributed by atoms with Crippen LogP contribution in [-0.4, -0.2) is 0 Å². The molecular formula is C33H24. The summed E-state index contributed by atoms with van der Waals surface area (Å²) in [6.45, 7) is 0. The van der Waals surface area contributed by atoms with Gasteiger partial charge in [0.15, 0.2) is 0 Å². The van der Waals surface area contributed by atoms with Gasteiger partial charge in [-0.3, -0.25) is 0 Å². The maximum Gasteiger partial charge on any atom is 0.0526 e. The van der Waals surface area contributed by atoms with E-state index in [1.807, 2.05) is 0 Å². The van der Waals surface area contributed by atoms with Crippen LogP contribution >= 0.6 is 0 Å². The summed E-state index contributed by atoms with van der Waals surface area (Å²) in [5.41, 5.74) is 5.39. The zero-order valence-electron chi connectivity index (χ0n) is 18.4. The third-order valence-electron chi connectivity index (χ3n) is 7.76. The largest absolute Gasteiger partial charge is 0.0711 e. The first kappa shape index (κ1) is 18.7. The third kappa shape index (κ3) is 2.58. The van der Waals surface area contributed by atoms with Crippen LogP contribution in [0.4, 0.5) is 0 Å². The van der Waals surface area contributed by atoms with Crippen molar-refractivity contribution in [3.63, 3.8) is 0 Å². The molecule has 2 unspecified atom stereocenters. The average Bonchev–Trinajstić information content (AvgIpc) is 3.16. The summed E-state index contributed by atoms with van der Waals surface area (Å²) >= 11 is 0. The zero-order chi connectivity index (χ0) is 21.8. The molecule has 2 atom stereocenters. The predicted octanol–water partition coefficient (Wildman–Crippen LogP) is 6.16. The van der Waals surface area contributed by atoms with Crippen LogP contribution in [0.5, 0.6) is 0 Å². The standard InChI is InChI=1S/C33H24/c1-3-15-27(16-4-1)33(28-17-5-2-6-18-28)31-21-25-13-9-7-11-23(25)19-29(31)30-20-24-12-8-10-14-26(24)22-32(30)33/h1-22,29,31H. The fraction of sp³-hybridized carbons (Fsp3) is 0.0909. The fourth-order valence-corrected chi connectivity index (χ4v) is 6.41. The van der Waals surface area contributed by atoms with Gasteiger partial charge in [0.2, 0.25) is 0 Å². The van der Waals surface area contributed by atoms with Crippen LogP contribution in [0.15, 0.2) is 121 Å². The molecular weight excluding hydrogens is 396 g/mol. The summed E-state index contributed by atoms with van der Waals surface area (Å²) in [6, 6.07) is 44.9. The van der Waals surface area contributed by atoms with Crippen molar-refractivity contribution >= 4 is 22.9 Å². The molecule has 0 nitrogen and oxygen atoms in total. The van der Waals surface area contributed by atoms with Crippen molar-refractivity contribution in [2.45, 2.75) is 11.3 Å². The molecule has 0 aromatic heterocycles. The topological polar surface area (TPSA) is 0 Å². The first-order valence-corrected chi connectivity index (χ1v) is 11.8. The molecule has 0 saturated carbocycles. The number of hydrogen-bond acceptors (Lipinski definition) is 0. The summed E-state index contributed by atoms with van der Waals surface area (Å²) in [6.07, 6.45) is 5.06. The molecule has 156 valence electrons. The van der Waals surface area contributed by atoms with Gasteiger partial charge in [0.1, 0.15) is 0 Å². The number of rotatable bonds is 2. The maximum atomic E-state index is 2.55. The highest BCUT2D eigenvalue weighted by Crippen LogP contribution is 2.59. The minimum absolute atomic E-state index is 0.240. The highest BCUT2D eigenvalue weighted by Gasteiger charge is 2.53. The monoisotopic (exact) mass is 420 g/mol. The Balaban J connectivity index is 1.67. The van der Waals surface area contributed by atoms with Gasteiger partial charge < -0.3 is 0 Å². The van der Waals surface area contributed by atoms with Crippen LogP contribution in [0.25, 0.3) is 22.9 Å². The van der Waals surface area contributed by atoms with Gasteiger partial charge in [-0.1, -0.05) is 127 Å². The molecule has 0 saturated heterocycles. The van der Waals surface area contributed by atoms with Crippen LogP contribution in [-0.2, 0) is 5.41 Å². The van der Waals surface area contributed by atoms with Crippen LogP contribution in [0.3, 0.4) is 0 Å². The van der Waals surface area contributed by atoms with Gasteiger partial charge in [-0.15, -0.1) is 0 Å². The lowest BCUT2D eigenvalue weighted by atomic mass is 9.63. The lowest BCUT2D eigenvalue weighted by Gasteiger charge is -2.39. The van der Waals surface area contributed by atoms with E-state index in [1.54, 1.807) is 0 Å². The maximum absolute atomic E-state index is 2.55. The molecule has 0 heteroatoms. The van der Waals surface area contributed by atoms with E-state index in [1.165, 1.54) is 43.5 Å². The Kier molecular flexibility index (Phi) is 3.98. The summed E-state index contributed by atoms with van der Waals surface area (Å²) in [7, 11) is 0. The summed E-state index contributed by atoms with van der Waals surface area (Å²) in [4.78, 5) is 0. The van der Waals surface area contributed by atoms with Crippen molar-refractivity contribution in [1.82, 2.24) is 0 Å². The highest BCUT2D eigenvalue weighted by molar-refractivity contribution is 5.87. The van der Waals surface area contributed by atoms with Gasteiger partial charge in [0.05, 0.1) is 5.41 Å². The summed E-state index contributed by atoms with van der Waals surface area (Å²) in [5, 5.41) is 5.31. The molecule has 0 heterocycles.